The Bertz CT molecular complexity index is 1410. The van der Waals surface area contributed by atoms with Gasteiger partial charge in [0.2, 0.25) is 0 Å². The molecule has 3 heterocycles. The molecule has 6 nitrogen and oxygen atoms in total. The molecule has 2 amide bonds. The zero-order valence-electron chi connectivity index (χ0n) is 20.4. The second-order valence-electron chi connectivity index (χ2n) is 9.93. The van der Waals surface area contributed by atoms with Crippen molar-refractivity contribution in [2.24, 2.45) is 7.05 Å². The number of rotatable bonds is 5. The van der Waals surface area contributed by atoms with Crippen LogP contribution in [0.25, 0.3) is 22.0 Å². The fourth-order valence-corrected chi connectivity index (χ4v) is 5.47. The summed E-state index contributed by atoms with van der Waals surface area (Å²) in [7, 11) is 2.03. The zero-order chi connectivity index (χ0) is 24.6. The van der Waals surface area contributed by atoms with Gasteiger partial charge in [-0.2, -0.15) is 0 Å². The Hall–Kier alpha value is -3.90. The van der Waals surface area contributed by atoms with Crippen molar-refractivity contribution in [1.29, 1.82) is 0 Å². The number of nitrogens with one attached hydrogen (secondary N) is 1. The van der Waals surface area contributed by atoms with Gasteiger partial charge in [-0.25, -0.2) is 0 Å². The van der Waals surface area contributed by atoms with Gasteiger partial charge in [0.05, 0.1) is 0 Å². The van der Waals surface area contributed by atoms with E-state index in [1.807, 2.05) is 77.5 Å². The quantitative estimate of drug-likeness (QED) is 0.468. The van der Waals surface area contributed by atoms with Crippen LogP contribution in [-0.2, 0) is 7.05 Å². The Kier molecular flexibility index (Phi) is 5.82. The van der Waals surface area contributed by atoms with Crippen LogP contribution in [0.4, 0.5) is 0 Å². The maximum Gasteiger partial charge on any atom is 0.254 e. The van der Waals surface area contributed by atoms with E-state index in [2.05, 4.69) is 34.3 Å². The van der Waals surface area contributed by atoms with Crippen LogP contribution < -0.4 is 5.32 Å². The number of benzene rings is 3. The highest BCUT2D eigenvalue weighted by Crippen LogP contribution is 2.31. The Morgan fingerprint density at radius 1 is 0.778 bits per heavy atom. The van der Waals surface area contributed by atoms with Gasteiger partial charge >= 0.3 is 0 Å². The number of nitrogens with zero attached hydrogens (tertiary/aromatic N) is 3. The van der Waals surface area contributed by atoms with Crippen molar-refractivity contribution in [2.45, 2.75) is 18.5 Å². The normalized spacial score (nSPS) is 18.0. The van der Waals surface area contributed by atoms with Gasteiger partial charge in [-0.15, -0.1) is 0 Å². The SMILES string of the molecule is Cn1cc(-c2ccccc2)c2ccc(C(=O)N3CC(N[C@H]4CCN(C(=O)c5ccccc5)C4)C3)cc21. The Morgan fingerprint density at radius 3 is 2.19 bits per heavy atom. The highest BCUT2D eigenvalue weighted by atomic mass is 16.2. The van der Waals surface area contributed by atoms with Gasteiger partial charge in [-0.1, -0.05) is 54.6 Å². The standard InChI is InChI=1S/C30H30N4O2/c1-32-20-27(21-8-4-2-5-9-21)26-13-12-23(16-28(26)32)30(36)34-18-25(19-34)31-24-14-15-33(17-24)29(35)22-10-6-3-7-11-22/h2-13,16,20,24-25,31H,14-15,17-19H2,1H3/t24-/m0/s1. The lowest BCUT2D eigenvalue weighted by Gasteiger charge is -2.41. The third-order valence-corrected chi connectivity index (χ3v) is 7.46. The predicted molar refractivity (Wildman–Crippen MR) is 142 cm³/mol. The first kappa shape index (κ1) is 22.6. The van der Waals surface area contributed by atoms with E-state index in [4.69, 9.17) is 0 Å². The highest BCUT2D eigenvalue weighted by molar-refractivity contribution is 6.02. The van der Waals surface area contributed by atoms with Crippen LogP contribution in [0, 0.1) is 0 Å². The van der Waals surface area contributed by atoms with E-state index >= 15 is 0 Å². The van der Waals surface area contributed by atoms with E-state index in [-0.39, 0.29) is 23.9 Å². The van der Waals surface area contributed by atoms with Crippen molar-refractivity contribution in [3.05, 3.63) is 96.2 Å². The molecule has 0 unspecified atom stereocenters. The molecular weight excluding hydrogens is 448 g/mol. The van der Waals surface area contributed by atoms with Gasteiger partial charge in [-0.3, -0.25) is 9.59 Å². The summed E-state index contributed by atoms with van der Waals surface area (Å²) in [5.41, 5.74) is 4.88. The van der Waals surface area contributed by atoms with Crippen LogP contribution in [0.3, 0.4) is 0 Å². The van der Waals surface area contributed by atoms with Gasteiger partial charge in [0.15, 0.2) is 0 Å². The number of carbonyl (C=O) groups is 2. The molecule has 2 fully saturated rings. The van der Waals surface area contributed by atoms with Crippen LogP contribution in [0.5, 0.6) is 0 Å². The Morgan fingerprint density at radius 2 is 1.44 bits per heavy atom. The number of hydrogen-bond donors (Lipinski definition) is 1. The molecule has 6 rings (SSSR count). The van der Waals surface area contributed by atoms with Crippen LogP contribution in [0.1, 0.15) is 27.1 Å². The lowest BCUT2D eigenvalue weighted by atomic mass is 10.0. The van der Waals surface area contributed by atoms with E-state index in [1.54, 1.807) is 0 Å². The molecule has 36 heavy (non-hydrogen) atoms. The number of aromatic nitrogens is 1. The fourth-order valence-electron chi connectivity index (χ4n) is 5.47. The fraction of sp³-hybridized carbons (Fsp3) is 0.267. The molecule has 2 saturated heterocycles. The van der Waals surface area contributed by atoms with Crippen molar-refractivity contribution < 1.29 is 9.59 Å². The molecule has 1 aromatic heterocycles. The lowest BCUT2D eigenvalue weighted by Crippen LogP contribution is -2.62. The molecule has 2 aliphatic rings. The van der Waals surface area contributed by atoms with E-state index in [1.165, 1.54) is 11.1 Å². The predicted octanol–water partition coefficient (Wildman–Crippen LogP) is 4.17. The topological polar surface area (TPSA) is 57.6 Å². The van der Waals surface area contributed by atoms with Crippen molar-refractivity contribution in [2.75, 3.05) is 26.2 Å². The maximum absolute atomic E-state index is 13.2. The van der Waals surface area contributed by atoms with Crippen molar-refractivity contribution in [3.63, 3.8) is 0 Å². The molecule has 0 radical (unpaired) electrons. The molecule has 0 bridgehead atoms. The molecule has 0 spiro atoms. The number of likely N-dealkylation sites (tertiary alicyclic amines) is 2. The third-order valence-electron chi connectivity index (χ3n) is 7.46. The van der Waals surface area contributed by atoms with Crippen molar-refractivity contribution >= 4 is 22.7 Å². The van der Waals surface area contributed by atoms with Crippen molar-refractivity contribution in [1.82, 2.24) is 19.7 Å². The van der Waals surface area contributed by atoms with Gasteiger partial charge in [-0.05, 0) is 36.2 Å². The number of hydrogen-bond acceptors (Lipinski definition) is 3. The molecule has 4 aromatic rings. The minimum absolute atomic E-state index is 0.0738. The average Bonchev–Trinajstić information content (AvgIpc) is 3.50. The monoisotopic (exact) mass is 478 g/mol. The van der Waals surface area contributed by atoms with Crippen LogP contribution in [-0.4, -0.2) is 64.4 Å². The summed E-state index contributed by atoms with van der Waals surface area (Å²) in [4.78, 5) is 29.7. The Balaban J connectivity index is 1.06. The Labute approximate surface area is 211 Å². The molecule has 1 N–H and O–H groups in total. The summed E-state index contributed by atoms with van der Waals surface area (Å²) in [6.07, 6.45) is 3.07. The summed E-state index contributed by atoms with van der Waals surface area (Å²) in [6, 6.07) is 26.4. The molecule has 182 valence electrons. The van der Waals surface area contributed by atoms with Gasteiger partial charge in [0, 0.05) is 79.1 Å². The molecule has 0 saturated carbocycles. The van der Waals surface area contributed by atoms with E-state index in [0.29, 0.717) is 19.6 Å². The van der Waals surface area contributed by atoms with Crippen LogP contribution >= 0.6 is 0 Å². The van der Waals surface area contributed by atoms with Gasteiger partial charge < -0.3 is 19.7 Å². The second kappa shape index (κ2) is 9.28. The van der Waals surface area contributed by atoms with E-state index in [0.717, 1.165) is 35.0 Å². The first-order chi connectivity index (χ1) is 17.6. The summed E-state index contributed by atoms with van der Waals surface area (Å²) in [5, 5.41) is 4.81. The molecule has 6 heteroatoms. The maximum atomic E-state index is 13.2. The summed E-state index contributed by atoms with van der Waals surface area (Å²) in [6.45, 7) is 2.87. The minimum Gasteiger partial charge on any atom is -0.350 e. The lowest BCUT2D eigenvalue weighted by molar-refractivity contribution is 0.0553. The zero-order valence-corrected chi connectivity index (χ0v) is 20.4. The second-order valence-corrected chi connectivity index (χ2v) is 9.93. The highest BCUT2D eigenvalue weighted by Gasteiger charge is 2.35. The first-order valence-corrected chi connectivity index (χ1v) is 12.6. The molecular formula is C30H30N4O2. The van der Waals surface area contributed by atoms with Crippen molar-refractivity contribution in [3.8, 4) is 11.1 Å². The smallest absolute Gasteiger partial charge is 0.254 e. The average molecular weight is 479 g/mol. The first-order valence-electron chi connectivity index (χ1n) is 12.6. The molecule has 3 aromatic carbocycles. The molecule has 1 atom stereocenters. The summed E-state index contributed by atoms with van der Waals surface area (Å²) < 4.78 is 2.09. The van der Waals surface area contributed by atoms with Crippen LogP contribution in [0.15, 0.2) is 85.1 Å². The van der Waals surface area contributed by atoms with E-state index in [9.17, 15) is 9.59 Å². The van der Waals surface area contributed by atoms with E-state index < -0.39 is 0 Å². The summed E-state index contributed by atoms with van der Waals surface area (Å²) in [5.74, 6) is 0.168. The largest absolute Gasteiger partial charge is 0.350 e. The number of carbonyl (C=O) groups excluding carboxylic acids is 2. The minimum atomic E-state index is 0.0738. The van der Waals surface area contributed by atoms with Gasteiger partial charge in [0.25, 0.3) is 11.8 Å². The van der Waals surface area contributed by atoms with Crippen LogP contribution in [0.2, 0.25) is 0 Å². The number of fused-ring (bicyclic) bond motifs is 1. The molecule has 0 aliphatic carbocycles. The number of amides is 2. The van der Waals surface area contributed by atoms with Gasteiger partial charge in [0.1, 0.15) is 0 Å². The third kappa shape index (κ3) is 4.18. The number of aryl methyl sites for hydroxylation is 1. The summed E-state index contributed by atoms with van der Waals surface area (Å²) >= 11 is 0. The molecule has 2 aliphatic heterocycles.